The molecule has 1 aliphatic carbocycles. The van der Waals surface area contributed by atoms with E-state index >= 15 is 0 Å². The van der Waals surface area contributed by atoms with Crippen molar-refractivity contribution in [3.8, 4) is 5.75 Å². The summed E-state index contributed by atoms with van der Waals surface area (Å²) >= 11 is 0. The zero-order chi connectivity index (χ0) is 32.2. The molecule has 3 heterocycles. The minimum atomic E-state index is -1.87. The number of nitrogens with two attached hydrogens (primary N) is 1. The number of amides is 5. The van der Waals surface area contributed by atoms with Crippen LogP contribution in [0.15, 0.2) is 42.5 Å². The van der Waals surface area contributed by atoms with E-state index in [2.05, 4.69) is 5.32 Å². The molecular formula is C31H33F2N5O7. The minimum Gasteiger partial charge on any atom is -0.473 e. The van der Waals surface area contributed by atoms with Crippen LogP contribution in [0.1, 0.15) is 50.1 Å². The summed E-state index contributed by atoms with van der Waals surface area (Å²) in [5.74, 6) is -5.15. The van der Waals surface area contributed by atoms with E-state index < -0.39 is 77.7 Å². The van der Waals surface area contributed by atoms with Crippen LogP contribution < -0.4 is 15.8 Å². The lowest BCUT2D eigenvalue weighted by molar-refractivity contribution is -0.149. The predicted molar refractivity (Wildman–Crippen MR) is 154 cm³/mol. The molecule has 3 aliphatic heterocycles. The van der Waals surface area contributed by atoms with Gasteiger partial charge in [0.05, 0.1) is 12.6 Å². The van der Waals surface area contributed by atoms with E-state index in [1.807, 2.05) is 6.07 Å². The normalized spacial score (nSPS) is 26.2. The van der Waals surface area contributed by atoms with E-state index in [1.54, 1.807) is 24.3 Å². The summed E-state index contributed by atoms with van der Waals surface area (Å²) in [6.45, 7) is -0.465. The van der Waals surface area contributed by atoms with Gasteiger partial charge < -0.3 is 30.7 Å². The van der Waals surface area contributed by atoms with Crippen molar-refractivity contribution in [3.05, 3.63) is 59.7 Å². The molecule has 45 heavy (non-hydrogen) atoms. The van der Waals surface area contributed by atoms with Crippen LogP contribution in [-0.2, 0) is 19.2 Å². The second-order valence-electron chi connectivity index (χ2n) is 12.3. The van der Waals surface area contributed by atoms with Gasteiger partial charge in [-0.25, -0.2) is 13.6 Å². The summed E-state index contributed by atoms with van der Waals surface area (Å²) in [5.41, 5.74) is 4.20. The van der Waals surface area contributed by atoms with Crippen molar-refractivity contribution >= 4 is 35.4 Å². The molecule has 6 rings (SSSR count). The summed E-state index contributed by atoms with van der Waals surface area (Å²) in [5, 5.41) is 12.5. The molecule has 2 aromatic rings. The van der Waals surface area contributed by atoms with Crippen LogP contribution >= 0.6 is 0 Å². The number of benzene rings is 2. The van der Waals surface area contributed by atoms with Gasteiger partial charge in [-0.1, -0.05) is 43.2 Å². The number of rotatable bonds is 7. The maximum atomic E-state index is 14.4. The maximum Gasteiger partial charge on any atom is 0.408 e. The largest absolute Gasteiger partial charge is 0.473 e. The predicted octanol–water partition coefficient (Wildman–Crippen LogP) is 2.63. The highest BCUT2D eigenvalue weighted by Crippen LogP contribution is 2.43. The molecule has 1 spiro atoms. The first-order valence-electron chi connectivity index (χ1n) is 14.8. The highest BCUT2D eigenvalue weighted by Gasteiger charge is 2.58. The molecule has 2 aromatic carbocycles. The number of nitrogens with zero attached hydrogens (tertiary/aromatic N) is 3. The number of anilines is 1. The summed E-state index contributed by atoms with van der Waals surface area (Å²) in [6.07, 6.45) is 0.933. The first-order chi connectivity index (χ1) is 21.4. The highest BCUT2D eigenvalue weighted by molar-refractivity contribution is 6.03. The first-order valence-corrected chi connectivity index (χ1v) is 14.8. The molecule has 5 amide bonds. The van der Waals surface area contributed by atoms with Gasteiger partial charge in [-0.3, -0.25) is 24.1 Å². The third-order valence-corrected chi connectivity index (χ3v) is 9.34. The van der Waals surface area contributed by atoms with E-state index in [9.17, 15) is 37.9 Å². The number of likely N-dealkylation sites (N-methyl/N-ethyl adjacent to an activating group) is 1. The third-order valence-electron chi connectivity index (χ3n) is 9.34. The SMILES string of the molecule is CN(C(=O)[C@@H]1CC[C@@H](c2ccccc2)N1C(=O)O)[C@@H](CC1CC1)C(=O)N1C[C@@]2(C[C@H]1C(N)=O)Oc1cc(F)cc(F)c1NC2=O. The van der Waals surface area contributed by atoms with Gasteiger partial charge in [-0.15, -0.1) is 0 Å². The summed E-state index contributed by atoms with van der Waals surface area (Å²) in [4.78, 5) is 70.0. The Bertz CT molecular complexity index is 1570. The molecule has 4 N–H and O–H groups in total. The Hall–Kier alpha value is -4.75. The van der Waals surface area contributed by atoms with Gasteiger partial charge in [0.1, 0.15) is 29.6 Å². The smallest absolute Gasteiger partial charge is 0.408 e. The second kappa shape index (κ2) is 11.3. The average Bonchev–Trinajstić information content (AvgIpc) is 3.57. The number of primary amides is 1. The Morgan fingerprint density at radius 3 is 2.47 bits per heavy atom. The number of carbonyl (C=O) groups excluding carboxylic acids is 4. The third kappa shape index (κ3) is 5.42. The molecule has 0 radical (unpaired) electrons. The zero-order valence-electron chi connectivity index (χ0n) is 24.4. The van der Waals surface area contributed by atoms with Gasteiger partial charge in [0.2, 0.25) is 23.3 Å². The van der Waals surface area contributed by atoms with Gasteiger partial charge in [0.15, 0.2) is 11.6 Å². The number of hydrogen-bond acceptors (Lipinski definition) is 6. The van der Waals surface area contributed by atoms with Crippen molar-refractivity contribution in [3.63, 3.8) is 0 Å². The van der Waals surface area contributed by atoms with Gasteiger partial charge in [-0.2, -0.15) is 0 Å². The maximum absolute atomic E-state index is 14.4. The Morgan fingerprint density at radius 1 is 1.11 bits per heavy atom. The standard InChI is InChI=1S/C31H33F2N5O7/c1-36(27(40)21-10-9-20(38(21)30(43)44)17-5-3-2-4-6-17)22(11-16-7-8-16)28(41)37-15-31(14-23(37)26(34)39)29(42)35-25-19(33)12-18(32)13-24(25)45-31/h2-6,12-13,16,20-23H,7-11,14-15H2,1H3,(H2,34,39)(H,35,42)(H,43,44)/t20-,21-,22-,23-,31+/m0/s1. The average molecular weight is 626 g/mol. The fourth-order valence-corrected chi connectivity index (χ4v) is 6.83. The van der Waals surface area contributed by atoms with Crippen molar-refractivity contribution in [1.29, 1.82) is 0 Å². The fourth-order valence-electron chi connectivity index (χ4n) is 6.83. The van der Waals surface area contributed by atoms with E-state index in [0.29, 0.717) is 12.5 Å². The minimum absolute atomic E-state index is 0.126. The van der Waals surface area contributed by atoms with Crippen LogP contribution in [0.3, 0.4) is 0 Å². The van der Waals surface area contributed by atoms with Crippen LogP contribution in [0.4, 0.5) is 19.3 Å². The topological polar surface area (TPSA) is 163 Å². The van der Waals surface area contributed by atoms with Crippen molar-refractivity contribution in [2.24, 2.45) is 11.7 Å². The van der Waals surface area contributed by atoms with Gasteiger partial charge in [0.25, 0.3) is 5.91 Å². The van der Waals surface area contributed by atoms with Crippen LogP contribution in [0.25, 0.3) is 0 Å². The Labute approximate surface area is 257 Å². The molecule has 0 aromatic heterocycles. The zero-order valence-corrected chi connectivity index (χ0v) is 24.4. The molecule has 0 unspecified atom stereocenters. The number of hydrogen-bond donors (Lipinski definition) is 3. The number of likely N-dealkylation sites (tertiary alicyclic amines) is 2. The molecule has 14 heteroatoms. The molecular weight excluding hydrogens is 592 g/mol. The molecule has 3 fully saturated rings. The van der Waals surface area contributed by atoms with Crippen LogP contribution in [0.2, 0.25) is 0 Å². The molecule has 4 aliphatic rings. The van der Waals surface area contributed by atoms with Crippen LogP contribution in [0, 0.1) is 17.6 Å². The number of ether oxygens (including phenoxy) is 1. The molecule has 12 nitrogen and oxygen atoms in total. The lowest BCUT2D eigenvalue weighted by Crippen LogP contribution is -2.57. The van der Waals surface area contributed by atoms with E-state index in [4.69, 9.17) is 10.5 Å². The summed E-state index contributed by atoms with van der Waals surface area (Å²) in [7, 11) is 1.43. The van der Waals surface area contributed by atoms with Gasteiger partial charge >= 0.3 is 6.09 Å². The van der Waals surface area contributed by atoms with Crippen LogP contribution in [-0.4, -0.2) is 86.8 Å². The monoisotopic (exact) mass is 625 g/mol. The number of carbonyl (C=O) groups is 5. The quantitative estimate of drug-likeness (QED) is 0.426. The lowest BCUT2D eigenvalue weighted by Gasteiger charge is -2.37. The van der Waals surface area contributed by atoms with E-state index in [-0.39, 0.29) is 36.6 Å². The second-order valence-corrected chi connectivity index (χ2v) is 12.3. The van der Waals surface area contributed by atoms with E-state index in [0.717, 1.165) is 34.3 Å². The van der Waals surface area contributed by atoms with Crippen molar-refractivity contribution in [2.75, 3.05) is 18.9 Å². The number of carboxylic acid groups (broad SMARTS) is 1. The fraction of sp³-hybridized carbons (Fsp3) is 0.452. The molecule has 1 saturated carbocycles. The Kier molecular flexibility index (Phi) is 7.61. The summed E-state index contributed by atoms with van der Waals surface area (Å²) < 4.78 is 34.2. The van der Waals surface area contributed by atoms with Gasteiger partial charge in [-0.05, 0) is 30.7 Å². The summed E-state index contributed by atoms with van der Waals surface area (Å²) in [6, 6.07) is 6.48. The van der Waals surface area contributed by atoms with E-state index in [1.165, 1.54) is 11.9 Å². The van der Waals surface area contributed by atoms with Crippen molar-refractivity contribution in [1.82, 2.24) is 14.7 Å². The molecule has 0 bridgehead atoms. The van der Waals surface area contributed by atoms with Gasteiger partial charge in [0, 0.05) is 25.6 Å². The molecule has 238 valence electrons. The Morgan fingerprint density at radius 2 is 1.82 bits per heavy atom. The molecule has 5 atom stereocenters. The van der Waals surface area contributed by atoms with Crippen molar-refractivity contribution in [2.45, 2.75) is 68.3 Å². The number of fused-ring (bicyclic) bond motifs is 1. The number of nitrogens with one attached hydrogen (secondary N) is 1. The number of halogens is 2. The molecule has 2 saturated heterocycles. The van der Waals surface area contributed by atoms with Crippen LogP contribution in [0.5, 0.6) is 5.75 Å². The highest BCUT2D eigenvalue weighted by atomic mass is 19.1. The lowest BCUT2D eigenvalue weighted by atomic mass is 9.96. The first kappa shape index (κ1) is 30.3. The Balaban J connectivity index is 1.27. The van der Waals surface area contributed by atoms with Crippen molar-refractivity contribution < 1.29 is 42.6 Å².